The Morgan fingerprint density at radius 2 is 2.11 bits per heavy atom. The molecule has 0 aromatic rings. The van der Waals surface area contributed by atoms with Crippen LogP contribution in [0.3, 0.4) is 0 Å². The van der Waals surface area contributed by atoms with Gasteiger partial charge in [-0.15, -0.1) is 0 Å². The van der Waals surface area contributed by atoms with Crippen molar-refractivity contribution in [3.05, 3.63) is 11.6 Å². The first-order valence-corrected chi connectivity index (χ1v) is 2.19. The number of carboxylic acids is 1. The van der Waals surface area contributed by atoms with Gasteiger partial charge < -0.3 is 16.4 Å². The molecule has 4 heteroatoms. The Morgan fingerprint density at radius 3 is 2.22 bits per heavy atom. The second-order valence-corrected chi connectivity index (χ2v) is 1.37. The summed E-state index contributed by atoms with van der Waals surface area (Å²) in [4.78, 5) is 9.91. The SMILES string of the molecule is CC(=CCO)C(=O)O.N. The van der Waals surface area contributed by atoms with E-state index in [1.54, 1.807) is 0 Å². The van der Waals surface area contributed by atoms with Gasteiger partial charge in [-0.05, 0) is 13.0 Å². The van der Waals surface area contributed by atoms with Crippen molar-refractivity contribution in [2.24, 2.45) is 0 Å². The molecule has 0 atom stereocenters. The number of hydrogen-bond donors (Lipinski definition) is 3. The molecule has 0 aromatic carbocycles. The van der Waals surface area contributed by atoms with Crippen LogP contribution in [0.4, 0.5) is 0 Å². The molecule has 54 valence electrons. The van der Waals surface area contributed by atoms with Crippen LogP contribution in [0.15, 0.2) is 11.6 Å². The molecule has 0 saturated heterocycles. The first-order chi connectivity index (χ1) is 3.68. The summed E-state index contributed by atoms with van der Waals surface area (Å²) in [7, 11) is 0. The van der Waals surface area contributed by atoms with Gasteiger partial charge in [0.1, 0.15) is 0 Å². The van der Waals surface area contributed by atoms with E-state index in [9.17, 15) is 4.79 Å². The Kier molecular flexibility index (Phi) is 6.44. The molecule has 4 nitrogen and oxygen atoms in total. The van der Waals surface area contributed by atoms with E-state index >= 15 is 0 Å². The summed E-state index contributed by atoms with van der Waals surface area (Å²) in [5.74, 6) is -0.987. The monoisotopic (exact) mass is 133 g/mol. The molecule has 0 spiro atoms. The highest BCUT2D eigenvalue weighted by molar-refractivity contribution is 5.85. The summed E-state index contributed by atoms with van der Waals surface area (Å²) in [5, 5.41) is 16.3. The Labute approximate surface area is 53.4 Å². The normalized spacial score (nSPS) is 10.2. The standard InChI is InChI=1S/C5H8O3.H3N/c1-4(2-3-6)5(7)8;/h2,6H,3H2,1H3,(H,7,8);1H3. The third-order valence-electron chi connectivity index (χ3n) is 0.735. The van der Waals surface area contributed by atoms with Gasteiger partial charge >= 0.3 is 5.97 Å². The van der Waals surface area contributed by atoms with Gasteiger partial charge in [0.15, 0.2) is 0 Å². The predicted octanol–water partition coefficient (Wildman–Crippen LogP) is 0.172. The number of aliphatic carboxylic acids is 1. The molecule has 0 aliphatic rings. The minimum Gasteiger partial charge on any atom is -0.478 e. The summed E-state index contributed by atoms with van der Waals surface area (Å²) in [6.45, 7) is 1.22. The Balaban J connectivity index is 0. The number of hydrogen-bond acceptors (Lipinski definition) is 3. The molecular formula is C5H11NO3. The number of carbonyl (C=O) groups is 1. The van der Waals surface area contributed by atoms with E-state index in [0.717, 1.165) is 0 Å². The molecule has 0 aromatic heterocycles. The Bertz CT molecular complexity index is 119. The largest absolute Gasteiger partial charge is 0.478 e. The topological polar surface area (TPSA) is 92.5 Å². The third kappa shape index (κ3) is 4.99. The highest BCUT2D eigenvalue weighted by atomic mass is 16.4. The lowest BCUT2D eigenvalue weighted by atomic mass is 10.3. The summed E-state index contributed by atoms with van der Waals surface area (Å²) in [5.41, 5.74) is 0.174. The van der Waals surface area contributed by atoms with Crippen molar-refractivity contribution in [1.29, 1.82) is 0 Å². The second-order valence-electron chi connectivity index (χ2n) is 1.37. The molecule has 5 N–H and O–H groups in total. The fraction of sp³-hybridized carbons (Fsp3) is 0.400. The van der Waals surface area contributed by atoms with E-state index in [0.29, 0.717) is 0 Å². The highest BCUT2D eigenvalue weighted by Crippen LogP contribution is 1.88. The van der Waals surface area contributed by atoms with Gasteiger partial charge in [-0.2, -0.15) is 0 Å². The smallest absolute Gasteiger partial charge is 0.331 e. The zero-order chi connectivity index (χ0) is 6.57. The summed E-state index contributed by atoms with van der Waals surface area (Å²) in [6.07, 6.45) is 1.24. The fourth-order valence-corrected chi connectivity index (χ4v) is 0.224. The summed E-state index contributed by atoms with van der Waals surface area (Å²) >= 11 is 0. The average Bonchev–Trinajstić information content (AvgIpc) is 1.67. The maximum atomic E-state index is 9.91. The van der Waals surface area contributed by atoms with Crippen molar-refractivity contribution in [2.75, 3.05) is 6.61 Å². The molecule has 9 heavy (non-hydrogen) atoms. The minimum atomic E-state index is -0.987. The zero-order valence-corrected chi connectivity index (χ0v) is 5.29. The van der Waals surface area contributed by atoms with E-state index in [4.69, 9.17) is 10.2 Å². The first-order valence-electron chi connectivity index (χ1n) is 2.19. The van der Waals surface area contributed by atoms with E-state index in [1.165, 1.54) is 13.0 Å². The van der Waals surface area contributed by atoms with E-state index < -0.39 is 5.97 Å². The Hall–Kier alpha value is -0.870. The molecule has 0 unspecified atom stereocenters. The fourth-order valence-electron chi connectivity index (χ4n) is 0.224. The van der Waals surface area contributed by atoms with Gasteiger partial charge in [-0.25, -0.2) is 4.79 Å². The van der Waals surface area contributed by atoms with Crippen molar-refractivity contribution in [3.8, 4) is 0 Å². The molecule has 0 radical (unpaired) electrons. The Morgan fingerprint density at radius 1 is 1.67 bits per heavy atom. The number of aliphatic hydroxyl groups is 1. The highest BCUT2D eigenvalue weighted by Gasteiger charge is 1.95. The molecule has 0 fully saturated rings. The van der Waals surface area contributed by atoms with Crippen LogP contribution in [-0.4, -0.2) is 22.8 Å². The van der Waals surface area contributed by atoms with Gasteiger partial charge in [0, 0.05) is 5.57 Å². The number of rotatable bonds is 2. The molecule has 0 amide bonds. The number of aliphatic hydroxyl groups excluding tert-OH is 1. The maximum absolute atomic E-state index is 9.91. The van der Waals surface area contributed by atoms with Gasteiger partial charge in [0.25, 0.3) is 0 Å². The van der Waals surface area contributed by atoms with Crippen LogP contribution in [0.25, 0.3) is 0 Å². The zero-order valence-electron chi connectivity index (χ0n) is 5.29. The lowest BCUT2D eigenvalue weighted by Crippen LogP contribution is -1.96. The van der Waals surface area contributed by atoms with Crippen molar-refractivity contribution in [1.82, 2.24) is 6.15 Å². The average molecular weight is 133 g/mol. The number of carboxylic acid groups (broad SMARTS) is 1. The molecule has 0 aliphatic carbocycles. The van der Waals surface area contributed by atoms with Crippen LogP contribution in [0, 0.1) is 0 Å². The molecular weight excluding hydrogens is 122 g/mol. The van der Waals surface area contributed by atoms with E-state index in [1.807, 2.05) is 0 Å². The van der Waals surface area contributed by atoms with Crippen molar-refractivity contribution < 1.29 is 15.0 Å². The molecule has 0 saturated carbocycles. The quantitative estimate of drug-likeness (QED) is 0.468. The van der Waals surface area contributed by atoms with Gasteiger partial charge in [-0.3, -0.25) is 0 Å². The lowest BCUT2D eigenvalue weighted by Gasteiger charge is -1.86. The van der Waals surface area contributed by atoms with Crippen molar-refractivity contribution in [3.63, 3.8) is 0 Å². The minimum absolute atomic E-state index is 0. The second kappa shape index (κ2) is 5.27. The van der Waals surface area contributed by atoms with Gasteiger partial charge in [0.05, 0.1) is 6.61 Å². The molecule has 0 rings (SSSR count). The first kappa shape index (κ1) is 11.0. The molecule has 0 bridgehead atoms. The summed E-state index contributed by atoms with van der Waals surface area (Å²) < 4.78 is 0. The lowest BCUT2D eigenvalue weighted by molar-refractivity contribution is -0.132. The predicted molar refractivity (Wildman–Crippen MR) is 33.5 cm³/mol. The maximum Gasteiger partial charge on any atom is 0.331 e. The van der Waals surface area contributed by atoms with Crippen LogP contribution < -0.4 is 6.15 Å². The molecule has 0 heterocycles. The van der Waals surface area contributed by atoms with Crippen LogP contribution in [0.2, 0.25) is 0 Å². The van der Waals surface area contributed by atoms with E-state index in [-0.39, 0.29) is 18.3 Å². The van der Waals surface area contributed by atoms with E-state index in [2.05, 4.69) is 0 Å². The van der Waals surface area contributed by atoms with Gasteiger partial charge in [-0.1, -0.05) is 0 Å². The van der Waals surface area contributed by atoms with Crippen molar-refractivity contribution in [2.45, 2.75) is 6.92 Å². The van der Waals surface area contributed by atoms with Crippen LogP contribution >= 0.6 is 0 Å². The summed E-state index contributed by atoms with van der Waals surface area (Å²) in [6, 6.07) is 0. The third-order valence-corrected chi connectivity index (χ3v) is 0.735. The van der Waals surface area contributed by atoms with Crippen LogP contribution in [0.1, 0.15) is 6.92 Å². The van der Waals surface area contributed by atoms with Crippen LogP contribution in [-0.2, 0) is 4.79 Å². The van der Waals surface area contributed by atoms with Crippen LogP contribution in [0.5, 0.6) is 0 Å². The van der Waals surface area contributed by atoms with Gasteiger partial charge in [0.2, 0.25) is 0 Å². The molecule has 0 aliphatic heterocycles. The van der Waals surface area contributed by atoms with Crippen molar-refractivity contribution >= 4 is 5.97 Å².